The van der Waals surface area contributed by atoms with E-state index in [2.05, 4.69) is 10.1 Å². The van der Waals surface area contributed by atoms with Crippen LogP contribution in [0.1, 0.15) is 23.1 Å². The smallest absolute Gasteiger partial charge is 0.334 e. The first-order chi connectivity index (χ1) is 9.99. The molecule has 0 fully saturated rings. The van der Waals surface area contributed by atoms with Gasteiger partial charge in [-0.25, -0.2) is 0 Å². The molecule has 1 atom stereocenters. The molecular weight excluding hydrogens is 280 g/mol. The predicted molar refractivity (Wildman–Crippen MR) is 70.4 cm³/mol. The molecule has 9 nitrogen and oxygen atoms in total. The van der Waals surface area contributed by atoms with Crippen LogP contribution >= 0.6 is 0 Å². The van der Waals surface area contributed by atoms with Crippen LogP contribution in [0.4, 0.5) is 5.69 Å². The zero-order valence-corrected chi connectivity index (χ0v) is 11.1. The van der Waals surface area contributed by atoms with E-state index in [4.69, 9.17) is 4.52 Å². The van der Waals surface area contributed by atoms with E-state index in [0.717, 1.165) is 0 Å². The molecule has 2 aromatic heterocycles. The lowest BCUT2D eigenvalue weighted by atomic mass is 9.98. The lowest BCUT2D eigenvalue weighted by molar-refractivity contribution is -0.483. The topological polar surface area (TPSA) is 125 Å². The number of pyridine rings is 1. The summed E-state index contributed by atoms with van der Waals surface area (Å²) in [5.41, 5.74) is 0.396. The Balaban J connectivity index is 2.32. The van der Waals surface area contributed by atoms with E-state index in [1.165, 1.54) is 13.1 Å². The van der Waals surface area contributed by atoms with Gasteiger partial charge in [-0.15, -0.1) is 0 Å². The molecule has 0 unspecified atom stereocenters. The van der Waals surface area contributed by atoms with Crippen LogP contribution in [-0.4, -0.2) is 26.5 Å². The summed E-state index contributed by atoms with van der Waals surface area (Å²) < 4.78 is 4.95. The van der Waals surface area contributed by atoms with Crippen molar-refractivity contribution in [2.45, 2.75) is 19.3 Å². The van der Waals surface area contributed by atoms with Gasteiger partial charge in [-0.3, -0.25) is 25.2 Å². The van der Waals surface area contributed by atoms with E-state index in [1.54, 1.807) is 18.2 Å². The molecule has 0 spiro atoms. The average molecular weight is 292 g/mol. The molecule has 9 heteroatoms. The van der Waals surface area contributed by atoms with Crippen molar-refractivity contribution >= 4 is 5.69 Å². The highest BCUT2D eigenvalue weighted by atomic mass is 16.6. The van der Waals surface area contributed by atoms with Gasteiger partial charge in [0, 0.05) is 17.5 Å². The number of rotatable bonds is 6. The zero-order chi connectivity index (χ0) is 15.4. The molecule has 110 valence electrons. The second kappa shape index (κ2) is 6.07. The first-order valence-electron chi connectivity index (χ1n) is 6.11. The minimum Gasteiger partial charge on any atom is -0.354 e. The van der Waals surface area contributed by atoms with E-state index in [-0.39, 0.29) is 23.6 Å². The lowest BCUT2D eigenvalue weighted by Gasteiger charge is -2.09. The quantitative estimate of drug-likeness (QED) is 0.587. The maximum Gasteiger partial charge on any atom is 0.334 e. The number of aromatic nitrogens is 2. The van der Waals surface area contributed by atoms with Crippen LogP contribution in [0, 0.1) is 27.2 Å². The van der Waals surface area contributed by atoms with Gasteiger partial charge in [-0.1, -0.05) is 11.2 Å². The molecule has 0 bridgehead atoms. The molecule has 0 aromatic carbocycles. The van der Waals surface area contributed by atoms with Crippen LogP contribution in [0.2, 0.25) is 0 Å². The van der Waals surface area contributed by atoms with Crippen molar-refractivity contribution in [3.8, 4) is 0 Å². The molecule has 0 aliphatic rings. The standard InChI is InChI=1S/C12H12N4O5/c1-8-12(16(19)20)11(21-14-8)6-9(7-15(17)18)10-4-2-3-5-13-10/h2-5,9H,6-7H2,1H3/t9-/m1/s1. The molecule has 2 heterocycles. The fourth-order valence-corrected chi connectivity index (χ4v) is 2.06. The van der Waals surface area contributed by atoms with Gasteiger partial charge in [-0.05, 0) is 19.1 Å². The van der Waals surface area contributed by atoms with Gasteiger partial charge in [0.25, 0.3) is 0 Å². The van der Waals surface area contributed by atoms with Crippen LogP contribution in [0.25, 0.3) is 0 Å². The van der Waals surface area contributed by atoms with Crippen LogP contribution in [0.15, 0.2) is 28.9 Å². The van der Waals surface area contributed by atoms with Crippen LogP contribution in [0.5, 0.6) is 0 Å². The highest BCUT2D eigenvalue weighted by molar-refractivity contribution is 5.38. The summed E-state index contributed by atoms with van der Waals surface area (Å²) in [6, 6.07) is 5.03. The maximum atomic E-state index is 11.0. The number of hydrogen-bond acceptors (Lipinski definition) is 7. The first-order valence-corrected chi connectivity index (χ1v) is 6.11. The largest absolute Gasteiger partial charge is 0.354 e. The van der Waals surface area contributed by atoms with Crippen LogP contribution in [-0.2, 0) is 6.42 Å². The molecule has 0 aliphatic heterocycles. The van der Waals surface area contributed by atoms with Crippen molar-refractivity contribution in [1.29, 1.82) is 0 Å². The highest BCUT2D eigenvalue weighted by Gasteiger charge is 2.29. The van der Waals surface area contributed by atoms with Crippen molar-refractivity contribution in [3.63, 3.8) is 0 Å². The molecule has 2 rings (SSSR count). The molecule has 0 saturated heterocycles. The Kier molecular flexibility index (Phi) is 4.21. The van der Waals surface area contributed by atoms with E-state index in [1.807, 2.05) is 0 Å². The molecule has 21 heavy (non-hydrogen) atoms. The van der Waals surface area contributed by atoms with Crippen LogP contribution < -0.4 is 0 Å². The van der Waals surface area contributed by atoms with Gasteiger partial charge in [0.2, 0.25) is 12.3 Å². The molecule has 0 radical (unpaired) electrons. The highest BCUT2D eigenvalue weighted by Crippen LogP contribution is 2.28. The Hall–Kier alpha value is -2.84. The van der Waals surface area contributed by atoms with Crippen molar-refractivity contribution in [1.82, 2.24) is 10.1 Å². The van der Waals surface area contributed by atoms with E-state index >= 15 is 0 Å². The SMILES string of the molecule is Cc1noc(C[C@H](C[N+](=O)[O-])c2ccccn2)c1[N+](=O)[O-]. The van der Waals surface area contributed by atoms with Crippen molar-refractivity contribution in [2.24, 2.45) is 0 Å². The lowest BCUT2D eigenvalue weighted by Crippen LogP contribution is -2.16. The minimum absolute atomic E-state index is 0.00481. The second-order valence-corrected chi connectivity index (χ2v) is 4.47. The summed E-state index contributed by atoms with van der Waals surface area (Å²) in [4.78, 5) is 24.8. The normalized spacial score (nSPS) is 12.0. The molecule has 0 saturated carbocycles. The molecular formula is C12H12N4O5. The Labute approximate surface area is 118 Å². The summed E-state index contributed by atoms with van der Waals surface area (Å²) in [6.07, 6.45) is 1.51. The Morgan fingerprint density at radius 3 is 2.67 bits per heavy atom. The van der Waals surface area contributed by atoms with Gasteiger partial charge in [0.15, 0.2) is 5.69 Å². The number of aryl methyl sites for hydroxylation is 1. The van der Waals surface area contributed by atoms with Crippen molar-refractivity contribution in [2.75, 3.05) is 6.54 Å². The number of hydrogen-bond donors (Lipinski definition) is 0. The molecule has 2 aromatic rings. The Morgan fingerprint density at radius 1 is 1.33 bits per heavy atom. The molecule has 0 aliphatic carbocycles. The average Bonchev–Trinajstić information content (AvgIpc) is 2.79. The molecule has 0 N–H and O–H groups in total. The zero-order valence-electron chi connectivity index (χ0n) is 11.1. The second-order valence-electron chi connectivity index (χ2n) is 4.47. The van der Waals surface area contributed by atoms with Gasteiger partial charge in [0.05, 0.1) is 16.5 Å². The third-order valence-corrected chi connectivity index (χ3v) is 2.99. The summed E-state index contributed by atoms with van der Waals surface area (Å²) in [7, 11) is 0. The van der Waals surface area contributed by atoms with E-state index in [9.17, 15) is 20.2 Å². The summed E-state index contributed by atoms with van der Waals surface area (Å²) in [5.74, 6) is -0.595. The fraction of sp³-hybridized carbons (Fsp3) is 0.333. The minimum atomic E-state index is -0.618. The third-order valence-electron chi connectivity index (χ3n) is 2.99. The maximum absolute atomic E-state index is 11.0. The van der Waals surface area contributed by atoms with Gasteiger partial charge < -0.3 is 4.52 Å². The number of nitrogens with zero attached hydrogens (tertiary/aromatic N) is 4. The summed E-state index contributed by atoms with van der Waals surface area (Å²) in [6.45, 7) is 1.06. The van der Waals surface area contributed by atoms with Gasteiger partial charge in [-0.2, -0.15) is 0 Å². The molecule has 0 amide bonds. The summed E-state index contributed by atoms with van der Waals surface area (Å²) in [5, 5.41) is 25.4. The van der Waals surface area contributed by atoms with Gasteiger partial charge in [0.1, 0.15) is 0 Å². The Bertz CT molecular complexity index is 655. The predicted octanol–water partition coefficient (Wildman–Crippen LogP) is 1.89. The van der Waals surface area contributed by atoms with E-state index < -0.39 is 22.3 Å². The Morgan fingerprint density at radius 2 is 2.10 bits per heavy atom. The fourth-order valence-electron chi connectivity index (χ4n) is 2.06. The third kappa shape index (κ3) is 3.38. The first kappa shape index (κ1) is 14.6. The van der Waals surface area contributed by atoms with Crippen molar-refractivity contribution in [3.05, 3.63) is 61.8 Å². The number of nitro groups is 2. The summed E-state index contributed by atoms with van der Waals surface area (Å²) >= 11 is 0. The monoisotopic (exact) mass is 292 g/mol. The van der Waals surface area contributed by atoms with Gasteiger partial charge >= 0.3 is 5.69 Å². The van der Waals surface area contributed by atoms with E-state index in [0.29, 0.717) is 5.69 Å². The van der Waals surface area contributed by atoms with Crippen molar-refractivity contribution < 1.29 is 14.4 Å². The van der Waals surface area contributed by atoms with Crippen LogP contribution in [0.3, 0.4) is 0 Å².